The van der Waals surface area contributed by atoms with Crippen LogP contribution in [0.15, 0.2) is 29.4 Å². The molecule has 2 N–H and O–H groups in total. The summed E-state index contributed by atoms with van der Waals surface area (Å²) in [4.78, 5) is 24.1. The van der Waals surface area contributed by atoms with Gasteiger partial charge in [0.25, 0.3) is 0 Å². The summed E-state index contributed by atoms with van der Waals surface area (Å²) in [6, 6.07) is 5.45. The van der Waals surface area contributed by atoms with Crippen molar-refractivity contribution < 1.29 is 18.7 Å². The van der Waals surface area contributed by atoms with Gasteiger partial charge in [0, 0.05) is 18.7 Å². The Morgan fingerprint density at radius 1 is 1.33 bits per heavy atom. The van der Waals surface area contributed by atoms with Crippen LogP contribution in [0.25, 0.3) is 11.4 Å². The first-order valence-electron chi connectivity index (χ1n) is 9.98. The van der Waals surface area contributed by atoms with Crippen molar-refractivity contribution in [3.8, 4) is 11.4 Å². The summed E-state index contributed by atoms with van der Waals surface area (Å²) in [6.45, 7) is 5.24. The van der Waals surface area contributed by atoms with Crippen LogP contribution in [0, 0.1) is 5.82 Å². The molecule has 0 saturated carbocycles. The van der Waals surface area contributed by atoms with Crippen LogP contribution in [0.3, 0.4) is 0 Å². The standard InChI is InChI=1S/C20H26FN5O3S/c1-3-22-19(28)13(2)23-17(27)12-30-20-25-24-18(14-6-8-15(21)9-7-14)26(20)11-16-5-4-10-29-16/h6-9,13,16H,3-5,10-12H2,1-2H3,(H,22,28)(H,23,27)/t13-,16-/m0/s1. The maximum absolute atomic E-state index is 13.3. The first-order chi connectivity index (χ1) is 14.5. The number of carbonyl (C=O) groups excluding carboxylic acids is 2. The van der Waals surface area contributed by atoms with E-state index in [-0.39, 0.29) is 29.5 Å². The number of hydrogen-bond acceptors (Lipinski definition) is 6. The van der Waals surface area contributed by atoms with Crippen LogP contribution in [-0.2, 0) is 20.9 Å². The normalized spacial score (nSPS) is 17.0. The van der Waals surface area contributed by atoms with Crippen molar-refractivity contribution in [1.82, 2.24) is 25.4 Å². The maximum atomic E-state index is 13.3. The first-order valence-corrected chi connectivity index (χ1v) is 11.0. The van der Waals surface area contributed by atoms with E-state index in [4.69, 9.17) is 4.74 Å². The number of nitrogens with one attached hydrogen (secondary N) is 2. The molecule has 2 amide bonds. The number of ether oxygens (including phenoxy) is 1. The summed E-state index contributed by atoms with van der Waals surface area (Å²) in [7, 11) is 0. The molecule has 0 radical (unpaired) electrons. The highest BCUT2D eigenvalue weighted by atomic mass is 32.2. The highest BCUT2D eigenvalue weighted by Crippen LogP contribution is 2.26. The van der Waals surface area contributed by atoms with Crippen LogP contribution in [0.2, 0.25) is 0 Å². The van der Waals surface area contributed by atoms with Gasteiger partial charge < -0.3 is 15.4 Å². The lowest BCUT2D eigenvalue weighted by Gasteiger charge is -2.15. The number of nitrogens with zero attached hydrogens (tertiary/aromatic N) is 3. The molecule has 1 aliphatic rings. The van der Waals surface area contributed by atoms with Gasteiger partial charge in [-0.05, 0) is 51.0 Å². The monoisotopic (exact) mass is 435 g/mol. The second kappa shape index (κ2) is 10.5. The molecule has 0 unspecified atom stereocenters. The van der Waals surface area contributed by atoms with Crippen molar-refractivity contribution in [2.45, 2.75) is 50.5 Å². The zero-order chi connectivity index (χ0) is 21.5. The molecule has 1 aliphatic heterocycles. The zero-order valence-electron chi connectivity index (χ0n) is 17.1. The lowest BCUT2D eigenvalue weighted by Crippen LogP contribution is -2.45. The minimum Gasteiger partial charge on any atom is -0.376 e. The molecule has 8 nitrogen and oxygen atoms in total. The minimum atomic E-state index is -0.613. The van der Waals surface area contributed by atoms with E-state index < -0.39 is 6.04 Å². The van der Waals surface area contributed by atoms with E-state index in [9.17, 15) is 14.0 Å². The van der Waals surface area contributed by atoms with Crippen LogP contribution >= 0.6 is 11.8 Å². The Balaban J connectivity index is 1.71. The van der Waals surface area contributed by atoms with Crippen molar-refractivity contribution in [2.75, 3.05) is 18.9 Å². The molecule has 30 heavy (non-hydrogen) atoms. The van der Waals surface area contributed by atoms with Gasteiger partial charge >= 0.3 is 0 Å². The number of carbonyl (C=O) groups is 2. The van der Waals surface area contributed by atoms with E-state index in [0.717, 1.165) is 25.0 Å². The number of rotatable bonds is 9. The smallest absolute Gasteiger partial charge is 0.242 e. The summed E-state index contributed by atoms with van der Waals surface area (Å²) in [6.07, 6.45) is 1.99. The molecule has 2 atom stereocenters. The number of amides is 2. The average Bonchev–Trinajstić information content (AvgIpc) is 3.38. The molecular weight excluding hydrogens is 409 g/mol. The largest absolute Gasteiger partial charge is 0.376 e. The molecule has 2 heterocycles. The number of halogens is 1. The molecular formula is C20H26FN5O3S. The quantitative estimate of drug-likeness (QED) is 0.585. The lowest BCUT2D eigenvalue weighted by atomic mass is 10.2. The van der Waals surface area contributed by atoms with Crippen LogP contribution in [0.5, 0.6) is 0 Å². The second-order valence-electron chi connectivity index (χ2n) is 7.03. The summed E-state index contributed by atoms with van der Waals surface area (Å²) < 4.78 is 21.0. The van der Waals surface area contributed by atoms with Gasteiger partial charge in [0.1, 0.15) is 11.9 Å². The SMILES string of the molecule is CCNC(=O)[C@H](C)NC(=O)CSc1nnc(-c2ccc(F)cc2)n1C[C@@H]1CCCO1. The highest BCUT2D eigenvalue weighted by Gasteiger charge is 2.23. The van der Waals surface area contributed by atoms with Crippen LogP contribution < -0.4 is 10.6 Å². The molecule has 1 fully saturated rings. The van der Waals surface area contributed by atoms with Gasteiger partial charge in [-0.15, -0.1) is 10.2 Å². The molecule has 1 aromatic carbocycles. The summed E-state index contributed by atoms with van der Waals surface area (Å²) in [5.74, 6) is -0.123. The van der Waals surface area contributed by atoms with Gasteiger partial charge in [0.05, 0.1) is 18.4 Å². The summed E-state index contributed by atoms with van der Waals surface area (Å²) in [5, 5.41) is 14.4. The predicted octanol–water partition coefficient (Wildman–Crippen LogP) is 2.00. The molecule has 0 spiro atoms. The molecule has 0 aliphatic carbocycles. The van der Waals surface area contributed by atoms with Gasteiger partial charge in [-0.25, -0.2) is 4.39 Å². The highest BCUT2D eigenvalue weighted by molar-refractivity contribution is 7.99. The molecule has 3 rings (SSSR count). The number of likely N-dealkylation sites (N-methyl/N-ethyl adjacent to an activating group) is 1. The molecule has 162 valence electrons. The Morgan fingerprint density at radius 2 is 2.10 bits per heavy atom. The second-order valence-corrected chi connectivity index (χ2v) is 7.97. The Labute approximate surface area is 179 Å². The first kappa shape index (κ1) is 22.2. The van der Waals surface area contributed by atoms with Crippen LogP contribution in [0.4, 0.5) is 4.39 Å². The van der Waals surface area contributed by atoms with Crippen molar-refractivity contribution in [3.05, 3.63) is 30.1 Å². The fourth-order valence-electron chi connectivity index (χ4n) is 3.17. The topological polar surface area (TPSA) is 98.1 Å². The Morgan fingerprint density at radius 3 is 2.77 bits per heavy atom. The van der Waals surface area contributed by atoms with E-state index in [1.807, 2.05) is 11.5 Å². The maximum Gasteiger partial charge on any atom is 0.242 e. The minimum absolute atomic E-state index is 0.0473. The van der Waals surface area contributed by atoms with Gasteiger partial charge in [-0.2, -0.15) is 0 Å². The van der Waals surface area contributed by atoms with Gasteiger partial charge in [-0.3, -0.25) is 14.2 Å². The Kier molecular flexibility index (Phi) is 7.81. The van der Waals surface area contributed by atoms with E-state index in [2.05, 4.69) is 20.8 Å². The van der Waals surface area contributed by atoms with E-state index >= 15 is 0 Å². The van der Waals surface area contributed by atoms with Gasteiger partial charge in [0.15, 0.2) is 11.0 Å². The summed E-state index contributed by atoms with van der Waals surface area (Å²) >= 11 is 1.24. The molecule has 1 aromatic heterocycles. The molecule has 0 bridgehead atoms. The van der Waals surface area contributed by atoms with Crippen LogP contribution in [-0.4, -0.2) is 57.6 Å². The number of thioether (sulfide) groups is 1. The Bertz CT molecular complexity index is 868. The van der Waals surface area contributed by atoms with E-state index in [0.29, 0.717) is 24.1 Å². The fraction of sp³-hybridized carbons (Fsp3) is 0.500. The molecule has 1 saturated heterocycles. The average molecular weight is 436 g/mol. The predicted molar refractivity (Wildman–Crippen MR) is 111 cm³/mol. The third kappa shape index (κ3) is 5.79. The van der Waals surface area contributed by atoms with E-state index in [1.165, 1.54) is 23.9 Å². The van der Waals surface area contributed by atoms with Crippen molar-refractivity contribution in [2.24, 2.45) is 0 Å². The van der Waals surface area contributed by atoms with Crippen molar-refractivity contribution >= 4 is 23.6 Å². The van der Waals surface area contributed by atoms with Crippen molar-refractivity contribution in [3.63, 3.8) is 0 Å². The third-order valence-corrected chi connectivity index (χ3v) is 5.65. The van der Waals surface area contributed by atoms with Crippen molar-refractivity contribution in [1.29, 1.82) is 0 Å². The Hall–Kier alpha value is -2.46. The van der Waals surface area contributed by atoms with Crippen LogP contribution in [0.1, 0.15) is 26.7 Å². The van der Waals surface area contributed by atoms with Gasteiger partial charge in [0.2, 0.25) is 11.8 Å². The van der Waals surface area contributed by atoms with E-state index in [1.54, 1.807) is 19.1 Å². The molecule has 2 aromatic rings. The fourth-order valence-corrected chi connectivity index (χ4v) is 3.93. The lowest BCUT2D eigenvalue weighted by molar-refractivity contribution is -0.127. The van der Waals surface area contributed by atoms with Gasteiger partial charge in [-0.1, -0.05) is 11.8 Å². The number of benzene rings is 1. The zero-order valence-corrected chi connectivity index (χ0v) is 17.9. The third-order valence-electron chi connectivity index (χ3n) is 4.68. The number of hydrogen-bond donors (Lipinski definition) is 2. The molecule has 10 heteroatoms. The number of aromatic nitrogens is 3. The summed E-state index contributed by atoms with van der Waals surface area (Å²) in [5.41, 5.74) is 0.739.